The van der Waals surface area contributed by atoms with Crippen LogP contribution in [0.25, 0.3) is 0 Å². The van der Waals surface area contributed by atoms with Crippen molar-refractivity contribution in [1.29, 1.82) is 0 Å². The zero-order valence-electron chi connectivity index (χ0n) is 11.0. The number of ketones is 1. The van der Waals surface area contributed by atoms with Crippen molar-refractivity contribution in [3.8, 4) is 0 Å². The summed E-state index contributed by atoms with van der Waals surface area (Å²) in [5.74, 6) is 0.232. The first-order valence-electron chi connectivity index (χ1n) is 6.17. The van der Waals surface area contributed by atoms with E-state index < -0.39 is 0 Å². The predicted molar refractivity (Wildman–Crippen MR) is 80.4 cm³/mol. The Morgan fingerprint density at radius 3 is 2.00 bits per heavy atom. The molecule has 20 heavy (non-hydrogen) atoms. The molecule has 4 heteroatoms. The summed E-state index contributed by atoms with van der Waals surface area (Å²) >= 11 is 5.70. The Morgan fingerprint density at radius 2 is 1.50 bits per heavy atom. The van der Waals surface area contributed by atoms with Crippen LogP contribution >= 0.6 is 11.6 Å². The number of hydrogen-bond acceptors (Lipinski definition) is 2. The molecule has 2 aromatic rings. The van der Waals surface area contributed by atoms with Crippen LogP contribution in [-0.2, 0) is 5.88 Å². The molecule has 1 amide bonds. The summed E-state index contributed by atoms with van der Waals surface area (Å²) < 4.78 is 0. The third-order valence-electron chi connectivity index (χ3n) is 2.92. The molecule has 0 fully saturated rings. The van der Waals surface area contributed by atoms with Gasteiger partial charge in [-0.3, -0.25) is 9.59 Å². The molecule has 0 aliphatic carbocycles. The molecule has 0 heterocycles. The van der Waals surface area contributed by atoms with Gasteiger partial charge in [-0.1, -0.05) is 12.1 Å². The van der Waals surface area contributed by atoms with Gasteiger partial charge in [0.15, 0.2) is 5.78 Å². The lowest BCUT2D eigenvalue weighted by molar-refractivity contribution is 0.101. The second-order valence-corrected chi connectivity index (χ2v) is 4.69. The highest BCUT2D eigenvalue weighted by atomic mass is 35.5. The van der Waals surface area contributed by atoms with Crippen LogP contribution in [0.2, 0.25) is 0 Å². The van der Waals surface area contributed by atoms with Crippen molar-refractivity contribution in [3.05, 3.63) is 65.2 Å². The molecule has 0 bridgehead atoms. The summed E-state index contributed by atoms with van der Waals surface area (Å²) in [6, 6.07) is 13.9. The summed E-state index contributed by atoms with van der Waals surface area (Å²) in [5.41, 5.74) is 2.81. The summed E-state index contributed by atoms with van der Waals surface area (Å²) in [6.45, 7) is 1.51. The SMILES string of the molecule is CC(=O)c1ccc(NC(=O)c2ccc(CCl)cc2)cc1. The zero-order chi connectivity index (χ0) is 14.5. The highest BCUT2D eigenvalue weighted by Gasteiger charge is 2.06. The zero-order valence-corrected chi connectivity index (χ0v) is 11.8. The number of amides is 1. The lowest BCUT2D eigenvalue weighted by Gasteiger charge is -2.06. The Morgan fingerprint density at radius 1 is 0.950 bits per heavy atom. The van der Waals surface area contributed by atoms with Gasteiger partial charge in [0, 0.05) is 22.7 Å². The van der Waals surface area contributed by atoms with Crippen molar-refractivity contribution in [3.63, 3.8) is 0 Å². The van der Waals surface area contributed by atoms with Crippen molar-refractivity contribution in [2.75, 3.05) is 5.32 Å². The molecule has 0 unspecified atom stereocenters. The van der Waals surface area contributed by atoms with E-state index in [4.69, 9.17) is 11.6 Å². The van der Waals surface area contributed by atoms with Crippen molar-refractivity contribution in [2.24, 2.45) is 0 Å². The summed E-state index contributed by atoms with van der Waals surface area (Å²) in [6.07, 6.45) is 0. The summed E-state index contributed by atoms with van der Waals surface area (Å²) in [5, 5.41) is 2.78. The van der Waals surface area contributed by atoms with Crippen molar-refractivity contribution < 1.29 is 9.59 Å². The molecule has 3 nitrogen and oxygen atoms in total. The van der Waals surface area contributed by atoms with Crippen LogP contribution in [0.15, 0.2) is 48.5 Å². The second-order valence-electron chi connectivity index (χ2n) is 4.42. The van der Waals surface area contributed by atoms with Gasteiger partial charge in [-0.2, -0.15) is 0 Å². The Hall–Kier alpha value is -2.13. The Labute approximate surface area is 122 Å². The first-order chi connectivity index (χ1) is 9.60. The smallest absolute Gasteiger partial charge is 0.255 e. The maximum Gasteiger partial charge on any atom is 0.255 e. The Bertz CT molecular complexity index is 618. The number of rotatable bonds is 4. The number of Topliss-reactive ketones (excluding diaryl/α,β-unsaturated/α-hetero) is 1. The number of alkyl halides is 1. The van der Waals surface area contributed by atoms with E-state index in [0.717, 1.165) is 5.56 Å². The minimum Gasteiger partial charge on any atom is -0.322 e. The minimum absolute atomic E-state index is 0.000426. The van der Waals surface area contributed by atoms with Gasteiger partial charge >= 0.3 is 0 Å². The van der Waals surface area contributed by atoms with E-state index in [1.165, 1.54) is 6.92 Å². The topological polar surface area (TPSA) is 46.2 Å². The van der Waals surface area contributed by atoms with Crippen LogP contribution < -0.4 is 5.32 Å². The molecule has 0 aliphatic heterocycles. The molecule has 0 saturated carbocycles. The molecule has 0 spiro atoms. The Kier molecular flexibility index (Phi) is 4.53. The van der Waals surface area contributed by atoms with E-state index in [2.05, 4.69) is 5.32 Å². The van der Waals surface area contributed by atoms with Gasteiger partial charge in [-0.25, -0.2) is 0 Å². The van der Waals surface area contributed by atoms with E-state index >= 15 is 0 Å². The number of carbonyl (C=O) groups is 2. The van der Waals surface area contributed by atoms with E-state index in [0.29, 0.717) is 22.7 Å². The van der Waals surface area contributed by atoms with E-state index in [1.807, 2.05) is 12.1 Å². The van der Waals surface area contributed by atoms with Gasteiger partial charge in [-0.05, 0) is 48.9 Å². The first kappa shape index (κ1) is 14.3. The number of anilines is 1. The van der Waals surface area contributed by atoms with Crippen molar-refractivity contribution in [1.82, 2.24) is 0 Å². The molecule has 2 rings (SSSR count). The lowest BCUT2D eigenvalue weighted by atomic mass is 10.1. The second kappa shape index (κ2) is 6.35. The molecule has 2 aromatic carbocycles. The van der Waals surface area contributed by atoms with Gasteiger partial charge in [0.25, 0.3) is 5.91 Å². The van der Waals surface area contributed by atoms with E-state index in [9.17, 15) is 9.59 Å². The quantitative estimate of drug-likeness (QED) is 0.685. The molecular formula is C16H14ClNO2. The lowest BCUT2D eigenvalue weighted by Crippen LogP contribution is -2.11. The van der Waals surface area contributed by atoms with Crippen molar-refractivity contribution >= 4 is 29.0 Å². The third-order valence-corrected chi connectivity index (χ3v) is 3.23. The van der Waals surface area contributed by atoms with Crippen molar-refractivity contribution in [2.45, 2.75) is 12.8 Å². The fourth-order valence-electron chi connectivity index (χ4n) is 1.74. The monoisotopic (exact) mass is 287 g/mol. The molecule has 102 valence electrons. The first-order valence-corrected chi connectivity index (χ1v) is 6.71. The van der Waals surface area contributed by atoms with Gasteiger partial charge in [0.05, 0.1) is 0 Å². The van der Waals surface area contributed by atoms with Crippen LogP contribution in [0.4, 0.5) is 5.69 Å². The third kappa shape index (κ3) is 3.45. The van der Waals surface area contributed by atoms with Crippen LogP contribution in [0, 0.1) is 0 Å². The molecule has 1 N–H and O–H groups in total. The Balaban J connectivity index is 2.08. The molecule has 0 aromatic heterocycles. The minimum atomic E-state index is -0.193. The van der Waals surface area contributed by atoms with Gasteiger partial charge in [0.1, 0.15) is 0 Å². The number of nitrogens with one attached hydrogen (secondary N) is 1. The summed E-state index contributed by atoms with van der Waals surface area (Å²) in [4.78, 5) is 23.2. The fourth-order valence-corrected chi connectivity index (χ4v) is 1.91. The standard InChI is InChI=1S/C16H14ClNO2/c1-11(19)13-6-8-15(9-7-13)18-16(20)14-4-2-12(10-17)3-5-14/h2-9H,10H2,1H3,(H,18,20). The maximum absolute atomic E-state index is 12.0. The predicted octanol–water partition coefficient (Wildman–Crippen LogP) is 3.88. The van der Waals surface area contributed by atoms with E-state index in [-0.39, 0.29) is 11.7 Å². The molecule has 0 aliphatic rings. The highest BCUT2D eigenvalue weighted by Crippen LogP contribution is 2.13. The van der Waals surface area contributed by atoms with Gasteiger partial charge in [-0.15, -0.1) is 11.6 Å². The van der Waals surface area contributed by atoms with E-state index in [1.54, 1.807) is 36.4 Å². The largest absolute Gasteiger partial charge is 0.322 e. The van der Waals surface area contributed by atoms with Crippen LogP contribution in [0.1, 0.15) is 33.2 Å². The van der Waals surface area contributed by atoms with Gasteiger partial charge < -0.3 is 5.32 Å². The normalized spacial score (nSPS) is 10.1. The number of benzene rings is 2. The van der Waals surface area contributed by atoms with Crippen LogP contribution in [0.3, 0.4) is 0 Å². The van der Waals surface area contributed by atoms with Crippen LogP contribution in [-0.4, -0.2) is 11.7 Å². The average molecular weight is 288 g/mol. The molecular weight excluding hydrogens is 274 g/mol. The summed E-state index contributed by atoms with van der Waals surface area (Å²) in [7, 11) is 0. The molecule has 0 atom stereocenters. The average Bonchev–Trinajstić information content (AvgIpc) is 2.48. The maximum atomic E-state index is 12.0. The number of carbonyl (C=O) groups excluding carboxylic acids is 2. The highest BCUT2D eigenvalue weighted by molar-refractivity contribution is 6.17. The molecule has 0 saturated heterocycles. The molecule has 0 radical (unpaired) electrons. The number of hydrogen-bond donors (Lipinski definition) is 1. The number of halogens is 1. The van der Waals surface area contributed by atoms with Gasteiger partial charge in [0.2, 0.25) is 0 Å². The fraction of sp³-hybridized carbons (Fsp3) is 0.125. The van der Waals surface area contributed by atoms with Crippen LogP contribution in [0.5, 0.6) is 0 Å².